The first-order chi connectivity index (χ1) is 11.7. The zero-order chi connectivity index (χ0) is 17.2. The maximum Gasteiger partial charge on any atom is 0.410 e. The van der Waals surface area contributed by atoms with E-state index in [1.165, 1.54) is 31.3 Å². The Labute approximate surface area is 146 Å². The maximum absolute atomic E-state index is 12.4. The van der Waals surface area contributed by atoms with Crippen molar-refractivity contribution < 1.29 is 9.53 Å². The summed E-state index contributed by atoms with van der Waals surface area (Å²) in [7, 11) is 0. The van der Waals surface area contributed by atoms with E-state index in [0.717, 1.165) is 31.4 Å². The van der Waals surface area contributed by atoms with Crippen molar-refractivity contribution in [3.8, 4) is 0 Å². The fourth-order valence-electron chi connectivity index (χ4n) is 3.24. The van der Waals surface area contributed by atoms with Gasteiger partial charge in [-0.2, -0.15) is 0 Å². The maximum atomic E-state index is 12.4. The van der Waals surface area contributed by atoms with Gasteiger partial charge in [-0.05, 0) is 38.2 Å². The second-order valence-electron chi connectivity index (χ2n) is 6.77. The summed E-state index contributed by atoms with van der Waals surface area (Å²) in [5.41, 5.74) is 2.43. The molecule has 1 saturated heterocycles. The molecule has 0 spiro atoms. The summed E-state index contributed by atoms with van der Waals surface area (Å²) < 4.78 is 5.49. The van der Waals surface area contributed by atoms with Crippen molar-refractivity contribution in [2.75, 3.05) is 6.54 Å². The summed E-state index contributed by atoms with van der Waals surface area (Å²) in [5.74, 6) is 0. The number of allylic oxidation sites excluding steroid dienone is 1. The smallest absolute Gasteiger partial charge is 0.410 e. The van der Waals surface area contributed by atoms with Crippen LogP contribution in [-0.2, 0) is 11.3 Å². The van der Waals surface area contributed by atoms with Gasteiger partial charge in [0.2, 0.25) is 0 Å². The molecule has 0 N–H and O–H groups in total. The first-order valence-electron chi connectivity index (χ1n) is 9.35. The van der Waals surface area contributed by atoms with Crippen LogP contribution < -0.4 is 0 Å². The van der Waals surface area contributed by atoms with Gasteiger partial charge in [-0.25, -0.2) is 4.79 Å². The summed E-state index contributed by atoms with van der Waals surface area (Å²) in [6, 6.07) is 10.1. The lowest BCUT2D eigenvalue weighted by molar-refractivity contribution is 0.0974. The molecule has 24 heavy (non-hydrogen) atoms. The highest BCUT2D eigenvalue weighted by atomic mass is 16.6. The molecule has 0 aromatic heterocycles. The fourth-order valence-corrected chi connectivity index (χ4v) is 3.24. The molecule has 1 aliphatic heterocycles. The molecule has 2 rings (SSSR count). The van der Waals surface area contributed by atoms with Crippen molar-refractivity contribution in [2.24, 2.45) is 0 Å². The monoisotopic (exact) mass is 329 g/mol. The number of likely N-dealkylation sites (tertiary alicyclic amines) is 1. The number of carbonyl (C=O) groups excluding carboxylic acids is 1. The summed E-state index contributed by atoms with van der Waals surface area (Å²) >= 11 is 0. The third-order valence-electron chi connectivity index (χ3n) is 4.64. The Morgan fingerprint density at radius 2 is 2.04 bits per heavy atom. The number of amides is 1. The number of benzene rings is 1. The molecule has 0 unspecified atom stereocenters. The van der Waals surface area contributed by atoms with Crippen molar-refractivity contribution in [3.05, 3.63) is 47.5 Å². The first kappa shape index (κ1) is 18.6. The molecule has 132 valence electrons. The highest BCUT2D eigenvalue weighted by Crippen LogP contribution is 2.22. The van der Waals surface area contributed by atoms with Gasteiger partial charge in [0.1, 0.15) is 6.61 Å². The van der Waals surface area contributed by atoms with Gasteiger partial charge >= 0.3 is 6.09 Å². The molecule has 1 fully saturated rings. The van der Waals surface area contributed by atoms with E-state index in [-0.39, 0.29) is 12.1 Å². The van der Waals surface area contributed by atoms with Crippen molar-refractivity contribution in [3.63, 3.8) is 0 Å². The minimum absolute atomic E-state index is 0.184. The molecule has 1 atom stereocenters. The molecule has 1 amide bonds. The molecule has 1 aromatic rings. The molecule has 0 aliphatic carbocycles. The van der Waals surface area contributed by atoms with Gasteiger partial charge in [-0.1, -0.05) is 68.2 Å². The highest BCUT2D eigenvalue weighted by molar-refractivity contribution is 5.68. The van der Waals surface area contributed by atoms with Crippen molar-refractivity contribution in [2.45, 2.75) is 71.4 Å². The van der Waals surface area contributed by atoms with Crippen molar-refractivity contribution >= 4 is 6.09 Å². The van der Waals surface area contributed by atoms with Gasteiger partial charge in [0, 0.05) is 6.54 Å². The van der Waals surface area contributed by atoms with Crippen LogP contribution in [0.1, 0.15) is 64.4 Å². The fraction of sp³-hybridized carbons (Fsp3) is 0.571. The molecule has 1 aliphatic rings. The second kappa shape index (κ2) is 10.2. The Morgan fingerprint density at radius 1 is 1.25 bits per heavy atom. The zero-order valence-corrected chi connectivity index (χ0v) is 15.2. The minimum atomic E-state index is -0.184. The van der Waals surface area contributed by atoms with Crippen LogP contribution in [0.3, 0.4) is 0 Å². The third-order valence-corrected chi connectivity index (χ3v) is 4.64. The molecular weight excluding hydrogens is 298 g/mol. The molecular formula is C21H31NO2. The Balaban J connectivity index is 1.81. The second-order valence-corrected chi connectivity index (χ2v) is 6.77. The normalized spacial score (nSPS) is 18.0. The molecule has 3 heteroatoms. The Kier molecular flexibility index (Phi) is 7.87. The topological polar surface area (TPSA) is 29.5 Å². The van der Waals surface area contributed by atoms with E-state index in [0.29, 0.717) is 6.61 Å². The number of nitrogens with zero attached hydrogens (tertiary/aromatic N) is 1. The van der Waals surface area contributed by atoms with Gasteiger partial charge < -0.3 is 9.64 Å². The summed E-state index contributed by atoms with van der Waals surface area (Å²) in [6.07, 6.45) is 10.5. The highest BCUT2D eigenvalue weighted by Gasteiger charge is 2.28. The van der Waals surface area contributed by atoms with Crippen LogP contribution in [-0.4, -0.2) is 23.6 Å². The summed E-state index contributed by atoms with van der Waals surface area (Å²) in [6.45, 7) is 5.58. The van der Waals surface area contributed by atoms with E-state index in [1.54, 1.807) is 0 Å². The number of hydrogen-bond acceptors (Lipinski definition) is 2. The third kappa shape index (κ3) is 6.03. The van der Waals surface area contributed by atoms with Crippen LogP contribution in [0, 0.1) is 0 Å². The lowest BCUT2D eigenvalue weighted by atomic mass is 10.0. The van der Waals surface area contributed by atoms with Crippen LogP contribution >= 0.6 is 0 Å². The molecule has 0 bridgehead atoms. The number of rotatable bonds is 8. The molecule has 3 nitrogen and oxygen atoms in total. The van der Waals surface area contributed by atoms with Gasteiger partial charge in [0.05, 0.1) is 6.04 Å². The lowest BCUT2D eigenvalue weighted by Crippen LogP contribution is -2.35. The Morgan fingerprint density at radius 3 is 2.79 bits per heavy atom. The minimum Gasteiger partial charge on any atom is -0.445 e. The van der Waals surface area contributed by atoms with Crippen molar-refractivity contribution in [1.29, 1.82) is 0 Å². The van der Waals surface area contributed by atoms with Crippen LogP contribution in [0.4, 0.5) is 4.79 Å². The van der Waals surface area contributed by atoms with Crippen LogP contribution in [0.15, 0.2) is 42.0 Å². The SMILES string of the molecule is CCCCCC/C(C)=C/[C@H]1CCCN1C(=O)OCc1ccccc1. The van der Waals surface area contributed by atoms with E-state index in [1.807, 2.05) is 35.2 Å². The average molecular weight is 329 g/mol. The largest absolute Gasteiger partial charge is 0.445 e. The van der Waals surface area contributed by atoms with Crippen LogP contribution in [0.25, 0.3) is 0 Å². The van der Waals surface area contributed by atoms with Gasteiger partial charge in [-0.3, -0.25) is 0 Å². The van der Waals surface area contributed by atoms with Gasteiger partial charge in [0.25, 0.3) is 0 Å². The number of ether oxygens (including phenoxy) is 1. The average Bonchev–Trinajstić information content (AvgIpc) is 3.05. The van der Waals surface area contributed by atoms with E-state index in [4.69, 9.17) is 4.74 Å². The molecule has 0 saturated carbocycles. The van der Waals surface area contributed by atoms with E-state index in [2.05, 4.69) is 19.9 Å². The van der Waals surface area contributed by atoms with Gasteiger partial charge in [-0.15, -0.1) is 0 Å². The molecule has 1 heterocycles. The van der Waals surface area contributed by atoms with Crippen LogP contribution in [0.2, 0.25) is 0 Å². The number of carbonyl (C=O) groups is 1. The standard InChI is InChI=1S/C21H31NO2/c1-3-4-5-7-11-18(2)16-20-14-10-15-22(20)21(23)24-17-19-12-8-6-9-13-19/h6,8-9,12-13,16,20H,3-5,7,10-11,14-15,17H2,1-2H3/b18-16+/t20-/m1/s1. The van der Waals surface area contributed by atoms with E-state index < -0.39 is 0 Å². The quantitative estimate of drug-likeness (QED) is 0.452. The predicted octanol–water partition coefficient (Wildman–Crippen LogP) is 5.70. The van der Waals surface area contributed by atoms with E-state index >= 15 is 0 Å². The first-order valence-corrected chi connectivity index (χ1v) is 9.35. The molecule has 0 radical (unpaired) electrons. The lowest BCUT2D eigenvalue weighted by Gasteiger charge is -2.22. The van der Waals surface area contributed by atoms with E-state index in [9.17, 15) is 4.79 Å². The zero-order valence-electron chi connectivity index (χ0n) is 15.2. The predicted molar refractivity (Wildman–Crippen MR) is 98.9 cm³/mol. The van der Waals surface area contributed by atoms with Crippen LogP contribution in [0.5, 0.6) is 0 Å². The summed E-state index contributed by atoms with van der Waals surface area (Å²) in [5, 5.41) is 0. The Hall–Kier alpha value is -1.77. The number of unbranched alkanes of at least 4 members (excludes halogenated alkanes) is 3. The summed E-state index contributed by atoms with van der Waals surface area (Å²) in [4.78, 5) is 14.3. The van der Waals surface area contributed by atoms with Gasteiger partial charge in [0.15, 0.2) is 0 Å². The Bertz CT molecular complexity index is 524. The number of hydrogen-bond donors (Lipinski definition) is 0. The molecule has 1 aromatic carbocycles. The van der Waals surface area contributed by atoms with Crippen molar-refractivity contribution in [1.82, 2.24) is 4.90 Å².